The molecule has 0 aliphatic carbocycles. The van der Waals surface area contributed by atoms with Crippen molar-refractivity contribution in [1.82, 2.24) is 24.1 Å². The topological polar surface area (TPSA) is 83.6 Å². The number of hydrogen-bond acceptors (Lipinski definition) is 4. The number of carboxylic acid groups (broad SMARTS) is 1. The summed E-state index contributed by atoms with van der Waals surface area (Å²) in [7, 11) is 1.93. The number of aryl methyl sites for hydroxylation is 1. The number of piperidine rings is 1. The van der Waals surface area contributed by atoms with E-state index in [1.807, 2.05) is 47.1 Å². The van der Waals surface area contributed by atoms with E-state index in [-0.39, 0.29) is 5.91 Å². The molecule has 0 spiro atoms. The molecular weight excluding hydrogens is 439 g/mol. The Morgan fingerprint density at radius 1 is 1.15 bits per heavy atom. The zero-order valence-electron chi connectivity index (χ0n) is 18.7. The summed E-state index contributed by atoms with van der Waals surface area (Å²) in [4.78, 5) is 26.6. The number of carbonyl (C=O) groups excluding carboxylic acids is 1. The van der Waals surface area contributed by atoms with Gasteiger partial charge in [-0.15, -0.1) is 0 Å². The molecule has 2 aliphatic rings. The number of amides is 1. The number of aliphatic carboxylic acids is 1. The summed E-state index contributed by atoms with van der Waals surface area (Å²) in [6.07, 6.45) is 3.85. The molecule has 11 heteroatoms. The number of carbonyl (C=O) groups is 2. The van der Waals surface area contributed by atoms with Gasteiger partial charge in [0.05, 0.1) is 12.2 Å². The van der Waals surface area contributed by atoms with Crippen molar-refractivity contribution in [2.24, 2.45) is 13.0 Å². The molecule has 2 aromatic rings. The van der Waals surface area contributed by atoms with E-state index in [0.29, 0.717) is 12.5 Å². The highest BCUT2D eigenvalue weighted by Gasteiger charge is 2.38. The van der Waals surface area contributed by atoms with Gasteiger partial charge in [0.1, 0.15) is 5.69 Å². The SMILES string of the molecule is Cn1cccc1C(=O)N1Cc2ccnn2CC(CCN2CCCCC2)C1.O=C(O)C(F)(F)F. The summed E-state index contributed by atoms with van der Waals surface area (Å²) in [6.45, 7) is 5.95. The minimum absolute atomic E-state index is 0.120. The number of alkyl halides is 3. The molecule has 0 bridgehead atoms. The van der Waals surface area contributed by atoms with E-state index < -0.39 is 12.1 Å². The first kappa shape index (κ1) is 24.8. The molecule has 1 amide bonds. The highest BCUT2D eigenvalue weighted by molar-refractivity contribution is 5.92. The molecule has 4 rings (SSSR count). The van der Waals surface area contributed by atoms with Gasteiger partial charge in [0, 0.05) is 32.5 Å². The second-order valence-corrected chi connectivity index (χ2v) is 8.55. The van der Waals surface area contributed by atoms with Crippen LogP contribution in [-0.4, -0.2) is 73.5 Å². The maximum Gasteiger partial charge on any atom is 0.490 e. The lowest BCUT2D eigenvalue weighted by atomic mass is 10.0. The van der Waals surface area contributed by atoms with Crippen LogP contribution in [0.15, 0.2) is 30.6 Å². The number of aromatic nitrogens is 3. The Labute approximate surface area is 190 Å². The second kappa shape index (κ2) is 10.9. The predicted molar refractivity (Wildman–Crippen MR) is 114 cm³/mol. The molecule has 1 fully saturated rings. The lowest BCUT2D eigenvalue weighted by Crippen LogP contribution is -2.37. The average molecular weight is 470 g/mol. The van der Waals surface area contributed by atoms with Crippen LogP contribution in [0.4, 0.5) is 13.2 Å². The third-order valence-corrected chi connectivity index (χ3v) is 6.06. The summed E-state index contributed by atoms with van der Waals surface area (Å²) in [5, 5.41) is 11.6. The average Bonchev–Trinajstić information content (AvgIpc) is 3.36. The standard InChI is InChI=1S/C20H29N5O.C2HF3O2/c1-22-10-5-6-19(22)20(26)24-14-17(8-13-23-11-3-2-4-12-23)15-25-18(16-24)7-9-21-25;3-2(4,5)1(6)7/h5-7,9-10,17H,2-4,8,11-16H2,1H3;(H,6,7). The molecule has 0 saturated carbocycles. The highest BCUT2D eigenvalue weighted by atomic mass is 19.4. The molecule has 1 unspecified atom stereocenters. The number of halogens is 3. The third kappa shape index (κ3) is 6.83. The number of fused-ring (bicyclic) bond motifs is 1. The second-order valence-electron chi connectivity index (χ2n) is 8.55. The molecule has 0 radical (unpaired) electrons. The molecule has 1 saturated heterocycles. The van der Waals surface area contributed by atoms with Crippen molar-refractivity contribution in [3.8, 4) is 0 Å². The fourth-order valence-electron chi connectivity index (χ4n) is 4.26. The quantitative estimate of drug-likeness (QED) is 0.745. The van der Waals surface area contributed by atoms with Crippen LogP contribution in [0, 0.1) is 5.92 Å². The van der Waals surface area contributed by atoms with Crippen molar-refractivity contribution >= 4 is 11.9 Å². The molecule has 4 heterocycles. The Morgan fingerprint density at radius 2 is 1.85 bits per heavy atom. The summed E-state index contributed by atoms with van der Waals surface area (Å²) in [6, 6.07) is 5.88. The molecule has 2 aromatic heterocycles. The van der Waals surface area contributed by atoms with Crippen LogP contribution in [0.1, 0.15) is 41.9 Å². The molecule has 1 atom stereocenters. The van der Waals surface area contributed by atoms with Gasteiger partial charge in [0.15, 0.2) is 0 Å². The van der Waals surface area contributed by atoms with E-state index in [1.165, 1.54) is 32.4 Å². The maximum absolute atomic E-state index is 13.1. The number of rotatable bonds is 4. The Hall–Kier alpha value is -2.82. The largest absolute Gasteiger partial charge is 0.490 e. The van der Waals surface area contributed by atoms with Gasteiger partial charge >= 0.3 is 12.1 Å². The minimum atomic E-state index is -5.08. The van der Waals surface area contributed by atoms with Crippen molar-refractivity contribution in [1.29, 1.82) is 0 Å². The Bertz CT molecular complexity index is 934. The molecular formula is C22H30F3N5O3. The highest BCUT2D eigenvalue weighted by Crippen LogP contribution is 2.21. The monoisotopic (exact) mass is 469 g/mol. The lowest BCUT2D eigenvalue weighted by molar-refractivity contribution is -0.192. The van der Waals surface area contributed by atoms with Gasteiger partial charge in [-0.1, -0.05) is 6.42 Å². The Balaban J connectivity index is 0.000000383. The molecule has 182 valence electrons. The normalized spacial score (nSPS) is 19.3. The summed E-state index contributed by atoms with van der Waals surface area (Å²) in [5.74, 6) is -2.19. The Morgan fingerprint density at radius 3 is 2.45 bits per heavy atom. The van der Waals surface area contributed by atoms with Gasteiger partial charge < -0.3 is 19.5 Å². The molecule has 0 aromatic carbocycles. The molecule has 2 aliphatic heterocycles. The van der Waals surface area contributed by atoms with Crippen molar-refractivity contribution in [2.75, 3.05) is 26.2 Å². The van der Waals surface area contributed by atoms with Crippen LogP contribution in [0.25, 0.3) is 0 Å². The fraction of sp³-hybridized carbons (Fsp3) is 0.591. The summed E-state index contributed by atoms with van der Waals surface area (Å²) < 4.78 is 35.7. The third-order valence-electron chi connectivity index (χ3n) is 6.06. The van der Waals surface area contributed by atoms with Crippen LogP contribution in [0.3, 0.4) is 0 Å². The summed E-state index contributed by atoms with van der Waals surface area (Å²) in [5.41, 5.74) is 1.89. The van der Waals surface area contributed by atoms with Gasteiger partial charge in [-0.3, -0.25) is 9.48 Å². The van der Waals surface area contributed by atoms with Crippen molar-refractivity contribution in [3.63, 3.8) is 0 Å². The first-order valence-corrected chi connectivity index (χ1v) is 11.1. The van der Waals surface area contributed by atoms with E-state index >= 15 is 0 Å². The van der Waals surface area contributed by atoms with E-state index in [4.69, 9.17) is 9.90 Å². The van der Waals surface area contributed by atoms with Gasteiger partial charge in [0.2, 0.25) is 0 Å². The van der Waals surface area contributed by atoms with Gasteiger partial charge in [-0.05, 0) is 63.0 Å². The van der Waals surface area contributed by atoms with Crippen LogP contribution < -0.4 is 0 Å². The number of carboxylic acids is 1. The first-order valence-electron chi connectivity index (χ1n) is 11.1. The molecule has 1 N–H and O–H groups in total. The van der Waals surface area contributed by atoms with E-state index in [9.17, 15) is 18.0 Å². The van der Waals surface area contributed by atoms with Crippen molar-refractivity contribution < 1.29 is 27.9 Å². The maximum atomic E-state index is 13.1. The van der Waals surface area contributed by atoms with Crippen molar-refractivity contribution in [2.45, 2.75) is 44.9 Å². The van der Waals surface area contributed by atoms with Crippen molar-refractivity contribution in [3.05, 3.63) is 42.0 Å². The number of likely N-dealkylation sites (tertiary alicyclic amines) is 1. The van der Waals surface area contributed by atoms with Crippen LogP contribution in [-0.2, 0) is 24.9 Å². The Kier molecular flexibility index (Phi) is 8.17. The first-order chi connectivity index (χ1) is 15.6. The van der Waals surface area contributed by atoms with Crippen LogP contribution in [0.5, 0.6) is 0 Å². The van der Waals surface area contributed by atoms with Crippen LogP contribution in [0.2, 0.25) is 0 Å². The number of hydrogen-bond donors (Lipinski definition) is 1. The lowest BCUT2D eigenvalue weighted by Gasteiger charge is -2.29. The van der Waals surface area contributed by atoms with E-state index in [0.717, 1.165) is 37.4 Å². The minimum Gasteiger partial charge on any atom is -0.475 e. The van der Waals surface area contributed by atoms with E-state index in [1.54, 1.807) is 0 Å². The van der Waals surface area contributed by atoms with Gasteiger partial charge in [-0.2, -0.15) is 18.3 Å². The number of nitrogens with zero attached hydrogens (tertiary/aromatic N) is 5. The smallest absolute Gasteiger partial charge is 0.475 e. The predicted octanol–water partition coefficient (Wildman–Crippen LogP) is 3.00. The fourth-order valence-corrected chi connectivity index (χ4v) is 4.26. The molecule has 33 heavy (non-hydrogen) atoms. The van der Waals surface area contributed by atoms with Gasteiger partial charge in [-0.25, -0.2) is 4.79 Å². The zero-order valence-corrected chi connectivity index (χ0v) is 18.7. The van der Waals surface area contributed by atoms with E-state index in [2.05, 4.69) is 14.7 Å². The molecule has 8 nitrogen and oxygen atoms in total. The van der Waals surface area contributed by atoms with Gasteiger partial charge in [0.25, 0.3) is 5.91 Å². The zero-order chi connectivity index (χ0) is 24.0. The summed E-state index contributed by atoms with van der Waals surface area (Å²) >= 11 is 0. The van der Waals surface area contributed by atoms with Crippen LogP contribution >= 0.6 is 0 Å².